The van der Waals surface area contributed by atoms with Crippen molar-refractivity contribution < 1.29 is 19.3 Å². The van der Waals surface area contributed by atoms with E-state index in [9.17, 15) is 5.11 Å². The quantitative estimate of drug-likeness (QED) is 0.397. The van der Waals surface area contributed by atoms with Gasteiger partial charge in [0, 0.05) is 37.3 Å². The van der Waals surface area contributed by atoms with E-state index < -0.39 is 0 Å². The zero-order valence-electron chi connectivity index (χ0n) is 22.2. The molecule has 0 saturated carbocycles. The second kappa shape index (κ2) is 11.0. The van der Waals surface area contributed by atoms with Crippen molar-refractivity contribution in [1.29, 1.82) is 0 Å². The van der Waals surface area contributed by atoms with Gasteiger partial charge in [0.05, 0.1) is 26.3 Å². The number of hydrogen-bond donors (Lipinski definition) is 1. The molecule has 1 atom stereocenters. The van der Waals surface area contributed by atoms with Gasteiger partial charge >= 0.3 is 0 Å². The third kappa shape index (κ3) is 4.97. The minimum atomic E-state index is 0.00107. The lowest BCUT2D eigenvalue weighted by Gasteiger charge is -2.41. The summed E-state index contributed by atoms with van der Waals surface area (Å²) in [7, 11) is 5.13. The average molecular weight is 501 g/mol. The Morgan fingerprint density at radius 3 is 2.46 bits per heavy atom. The van der Waals surface area contributed by atoms with Gasteiger partial charge in [-0.25, -0.2) is 0 Å². The van der Waals surface area contributed by atoms with E-state index in [4.69, 9.17) is 14.2 Å². The zero-order chi connectivity index (χ0) is 25.9. The van der Waals surface area contributed by atoms with Crippen LogP contribution in [0.15, 0.2) is 60.7 Å². The van der Waals surface area contributed by atoms with Crippen LogP contribution in [0.5, 0.6) is 11.5 Å². The topological polar surface area (TPSA) is 56.1 Å². The van der Waals surface area contributed by atoms with E-state index >= 15 is 0 Å². The van der Waals surface area contributed by atoms with Gasteiger partial charge in [-0.05, 0) is 72.4 Å². The number of methoxy groups -OCH3 is 3. The molecule has 0 radical (unpaired) electrons. The molecule has 37 heavy (non-hydrogen) atoms. The highest BCUT2D eigenvalue weighted by molar-refractivity contribution is 5.87. The van der Waals surface area contributed by atoms with Crippen LogP contribution >= 0.6 is 0 Å². The molecule has 2 aliphatic rings. The van der Waals surface area contributed by atoms with Crippen LogP contribution in [-0.4, -0.2) is 42.4 Å². The summed E-state index contributed by atoms with van der Waals surface area (Å²) in [6, 6.07) is 21.3. The fraction of sp³-hybridized carbons (Fsp3) is 0.355. The van der Waals surface area contributed by atoms with Crippen LogP contribution in [0.3, 0.4) is 0 Å². The Balaban J connectivity index is 0.000000237. The molecule has 1 aromatic heterocycles. The number of aryl methyl sites for hydroxylation is 1. The summed E-state index contributed by atoms with van der Waals surface area (Å²) in [6.07, 6.45) is 1.99. The van der Waals surface area contributed by atoms with Crippen LogP contribution in [0, 0.1) is 6.92 Å². The van der Waals surface area contributed by atoms with Gasteiger partial charge in [-0.15, -0.1) is 0 Å². The van der Waals surface area contributed by atoms with E-state index in [1.165, 1.54) is 38.9 Å². The maximum absolute atomic E-state index is 10.0. The minimum absolute atomic E-state index is 0.00107. The second-order valence-electron chi connectivity index (χ2n) is 9.80. The van der Waals surface area contributed by atoms with E-state index in [2.05, 4.69) is 60.4 Å². The summed E-state index contributed by atoms with van der Waals surface area (Å²) < 4.78 is 18.0. The van der Waals surface area contributed by atoms with Gasteiger partial charge in [-0.3, -0.25) is 4.90 Å². The monoisotopic (exact) mass is 500 g/mol. The molecule has 2 aliphatic heterocycles. The van der Waals surface area contributed by atoms with Gasteiger partial charge in [0.15, 0.2) is 0 Å². The number of ether oxygens (including phenoxy) is 3. The fourth-order valence-electron chi connectivity index (χ4n) is 5.79. The van der Waals surface area contributed by atoms with Crippen molar-refractivity contribution in [1.82, 2.24) is 9.47 Å². The van der Waals surface area contributed by atoms with Crippen LogP contribution in [0.1, 0.15) is 39.6 Å². The lowest BCUT2D eigenvalue weighted by atomic mass is 9.85. The Labute approximate surface area is 219 Å². The largest absolute Gasteiger partial charge is 0.497 e. The van der Waals surface area contributed by atoms with Crippen LogP contribution in [-0.2, 0) is 37.5 Å². The van der Waals surface area contributed by atoms with Crippen LogP contribution in [0.4, 0.5) is 0 Å². The summed E-state index contributed by atoms with van der Waals surface area (Å²) in [5.41, 5.74) is 8.95. The Morgan fingerprint density at radius 2 is 1.73 bits per heavy atom. The first-order valence-corrected chi connectivity index (χ1v) is 12.8. The molecular weight excluding hydrogens is 464 g/mol. The molecule has 0 amide bonds. The molecular formula is C31H36N2O4. The Morgan fingerprint density at radius 1 is 0.946 bits per heavy atom. The number of hydrogen-bond acceptors (Lipinski definition) is 5. The standard InChI is InChI=1S/C22H24N2O3.C9H12O/c1-26-15-4-3-14-7-8-23-12-22-19(11-21(23)17(14)9-15)18-10-16(27-2)5-6-20(18)24(22)13-25;1-8-4-3-5-9(6-8)7-10-2/h3-6,9-10,21,25H,7-8,11-13H2,1-2H3;3-6H,7H2,1-2H3. The lowest BCUT2D eigenvalue weighted by molar-refractivity contribution is 0.146. The van der Waals surface area contributed by atoms with Crippen molar-refractivity contribution in [2.45, 2.75) is 45.7 Å². The van der Waals surface area contributed by atoms with E-state index in [0.29, 0.717) is 12.6 Å². The van der Waals surface area contributed by atoms with Crippen LogP contribution < -0.4 is 9.47 Å². The molecule has 3 aromatic carbocycles. The van der Waals surface area contributed by atoms with Crippen LogP contribution in [0.25, 0.3) is 10.9 Å². The fourth-order valence-corrected chi connectivity index (χ4v) is 5.79. The molecule has 1 N–H and O–H groups in total. The molecule has 1 unspecified atom stereocenters. The summed E-state index contributed by atoms with van der Waals surface area (Å²) in [5, 5.41) is 11.2. The maximum Gasteiger partial charge on any atom is 0.120 e. The Hall–Kier alpha value is -3.32. The molecule has 0 saturated heterocycles. The summed E-state index contributed by atoms with van der Waals surface area (Å²) in [6.45, 7) is 4.69. The van der Waals surface area contributed by atoms with E-state index in [0.717, 1.165) is 42.9 Å². The molecule has 3 heterocycles. The maximum atomic E-state index is 10.0. The number of fused-ring (bicyclic) bond motifs is 6. The molecule has 6 rings (SSSR count). The van der Waals surface area contributed by atoms with Crippen molar-refractivity contribution in [3.05, 3.63) is 94.2 Å². The second-order valence-corrected chi connectivity index (χ2v) is 9.80. The SMILES string of the molecule is COCc1cccc(C)c1.COc1ccc2c(c1)C1Cc3c(n(CO)c4ccc(OC)cc34)CN1CC2. The number of aromatic nitrogens is 1. The molecule has 0 fully saturated rings. The van der Waals surface area contributed by atoms with E-state index in [1.807, 2.05) is 16.7 Å². The highest BCUT2D eigenvalue weighted by Gasteiger charge is 2.35. The van der Waals surface area contributed by atoms with Crippen molar-refractivity contribution >= 4 is 10.9 Å². The molecule has 6 nitrogen and oxygen atoms in total. The van der Waals surface area contributed by atoms with E-state index in [1.54, 1.807) is 21.3 Å². The first-order valence-electron chi connectivity index (χ1n) is 12.8. The van der Waals surface area contributed by atoms with Crippen molar-refractivity contribution in [2.75, 3.05) is 27.9 Å². The van der Waals surface area contributed by atoms with Gasteiger partial charge in [-0.2, -0.15) is 0 Å². The number of aliphatic hydroxyl groups excluding tert-OH is 1. The summed E-state index contributed by atoms with van der Waals surface area (Å²) in [4.78, 5) is 2.53. The molecule has 4 aromatic rings. The number of nitrogens with zero attached hydrogens (tertiary/aromatic N) is 2. The molecule has 6 heteroatoms. The van der Waals surface area contributed by atoms with Gasteiger partial charge in [-0.1, -0.05) is 35.9 Å². The van der Waals surface area contributed by atoms with Crippen molar-refractivity contribution in [2.24, 2.45) is 0 Å². The average Bonchev–Trinajstić information content (AvgIpc) is 3.23. The molecule has 0 aliphatic carbocycles. The van der Waals surface area contributed by atoms with Gasteiger partial charge < -0.3 is 23.9 Å². The minimum Gasteiger partial charge on any atom is -0.497 e. The highest BCUT2D eigenvalue weighted by atomic mass is 16.5. The smallest absolute Gasteiger partial charge is 0.120 e. The third-order valence-electron chi connectivity index (χ3n) is 7.60. The van der Waals surface area contributed by atoms with Gasteiger partial charge in [0.1, 0.15) is 18.2 Å². The van der Waals surface area contributed by atoms with Crippen molar-refractivity contribution in [3.8, 4) is 11.5 Å². The summed E-state index contributed by atoms with van der Waals surface area (Å²) >= 11 is 0. The summed E-state index contributed by atoms with van der Waals surface area (Å²) in [5.74, 6) is 1.77. The molecule has 0 bridgehead atoms. The normalized spacial score (nSPS) is 16.3. The highest BCUT2D eigenvalue weighted by Crippen LogP contribution is 2.43. The van der Waals surface area contributed by atoms with Gasteiger partial charge in [0.2, 0.25) is 0 Å². The van der Waals surface area contributed by atoms with E-state index in [-0.39, 0.29) is 6.73 Å². The Bertz CT molecular complexity index is 1390. The Kier molecular flexibility index (Phi) is 7.51. The van der Waals surface area contributed by atoms with Crippen molar-refractivity contribution in [3.63, 3.8) is 0 Å². The number of aliphatic hydroxyl groups is 1. The molecule has 194 valence electrons. The van der Waals surface area contributed by atoms with Gasteiger partial charge in [0.25, 0.3) is 0 Å². The number of rotatable bonds is 5. The third-order valence-corrected chi connectivity index (χ3v) is 7.60. The predicted octanol–water partition coefficient (Wildman–Crippen LogP) is 5.41. The zero-order valence-corrected chi connectivity index (χ0v) is 22.2. The molecule has 0 spiro atoms. The predicted molar refractivity (Wildman–Crippen MR) is 146 cm³/mol. The van der Waals surface area contributed by atoms with Crippen LogP contribution in [0.2, 0.25) is 0 Å². The first-order chi connectivity index (χ1) is 18.1. The number of benzene rings is 3. The first kappa shape index (κ1) is 25.3. The lowest BCUT2D eigenvalue weighted by Crippen LogP contribution is -2.39.